The van der Waals surface area contributed by atoms with Gasteiger partial charge in [-0.05, 0) is 68.1 Å². The van der Waals surface area contributed by atoms with Gasteiger partial charge in [-0.3, -0.25) is 14.6 Å². The number of aliphatic imine (C=N–C) groups is 1. The average molecular weight is 577 g/mol. The molecule has 0 saturated carbocycles. The number of guanidine groups is 1. The molecule has 0 bridgehead atoms. The standard InChI is InChI=1S/C26H33FN6O6S/c1-39-18-7-9-19(10-8-18)40(37,38)32-21(25(35)36)16-30-24(34)17-6-11-22(20(27)15-17)33-14-3-2-5-23(33)31-26-28-12-4-13-29-26/h6-11,15,21,23,32H,2-5,12-14,16H2,1H3,(H,30,34)(H,35,36)(H2,28,29,31)/t21-,23?/m0/s1. The number of benzene rings is 2. The summed E-state index contributed by atoms with van der Waals surface area (Å²) < 4.78 is 47.6. The Morgan fingerprint density at radius 3 is 2.62 bits per heavy atom. The summed E-state index contributed by atoms with van der Waals surface area (Å²) in [5, 5.41) is 18.5. The van der Waals surface area contributed by atoms with Crippen LogP contribution in [0.3, 0.4) is 0 Å². The number of carbonyl (C=O) groups is 2. The van der Waals surface area contributed by atoms with E-state index in [-0.39, 0.29) is 16.6 Å². The summed E-state index contributed by atoms with van der Waals surface area (Å²) >= 11 is 0. The summed E-state index contributed by atoms with van der Waals surface area (Å²) in [6.45, 7) is 1.62. The summed E-state index contributed by atoms with van der Waals surface area (Å²) in [7, 11) is -2.78. The molecule has 216 valence electrons. The molecule has 0 aliphatic carbocycles. The predicted molar refractivity (Wildman–Crippen MR) is 147 cm³/mol. The summed E-state index contributed by atoms with van der Waals surface area (Å²) in [6.07, 6.45) is 3.46. The molecule has 40 heavy (non-hydrogen) atoms. The van der Waals surface area contributed by atoms with Crippen LogP contribution in [0.5, 0.6) is 5.75 Å². The number of methoxy groups -OCH3 is 1. The van der Waals surface area contributed by atoms with Gasteiger partial charge in [0, 0.05) is 31.7 Å². The zero-order valence-electron chi connectivity index (χ0n) is 22.0. The van der Waals surface area contributed by atoms with Crippen molar-refractivity contribution in [2.24, 2.45) is 4.99 Å². The fraction of sp³-hybridized carbons (Fsp3) is 0.423. The van der Waals surface area contributed by atoms with E-state index < -0.39 is 40.3 Å². The zero-order chi connectivity index (χ0) is 28.7. The number of hydrogen-bond donors (Lipinski definition) is 5. The first-order valence-electron chi connectivity index (χ1n) is 13.0. The number of carboxylic acid groups (broad SMARTS) is 1. The van der Waals surface area contributed by atoms with Crippen LogP contribution in [0.4, 0.5) is 10.1 Å². The van der Waals surface area contributed by atoms with Crippen molar-refractivity contribution in [3.63, 3.8) is 0 Å². The second-order valence-electron chi connectivity index (χ2n) is 9.42. The molecule has 0 spiro atoms. The molecule has 0 radical (unpaired) electrons. The minimum atomic E-state index is -4.20. The quantitative estimate of drug-likeness (QED) is 0.280. The number of carboxylic acids is 1. The number of nitrogens with zero attached hydrogens (tertiary/aromatic N) is 2. The Labute approximate surface area is 232 Å². The number of halogens is 1. The molecule has 0 aromatic heterocycles. The van der Waals surface area contributed by atoms with Gasteiger partial charge in [0.1, 0.15) is 23.8 Å². The van der Waals surface area contributed by atoms with Gasteiger partial charge in [-0.1, -0.05) is 0 Å². The maximum atomic E-state index is 15.2. The van der Waals surface area contributed by atoms with Crippen LogP contribution in [-0.2, 0) is 14.8 Å². The zero-order valence-corrected chi connectivity index (χ0v) is 22.8. The maximum absolute atomic E-state index is 15.2. The minimum absolute atomic E-state index is 0.0248. The Hall–Kier alpha value is -3.91. The van der Waals surface area contributed by atoms with Gasteiger partial charge in [0.15, 0.2) is 5.96 Å². The van der Waals surface area contributed by atoms with Crippen molar-refractivity contribution in [3.8, 4) is 5.75 Å². The fourth-order valence-corrected chi connectivity index (χ4v) is 5.71. The van der Waals surface area contributed by atoms with Crippen LogP contribution in [0, 0.1) is 5.82 Å². The lowest BCUT2D eigenvalue weighted by Crippen LogP contribution is -2.55. The van der Waals surface area contributed by atoms with Gasteiger partial charge in [-0.15, -0.1) is 0 Å². The van der Waals surface area contributed by atoms with Crippen LogP contribution < -0.4 is 30.3 Å². The highest BCUT2D eigenvalue weighted by molar-refractivity contribution is 7.89. The number of rotatable bonds is 10. The molecule has 1 unspecified atom stereocenters. The van der Waals surface area contributed by atoms with Crippen LogP contribution in [0.2, 0.25) is 0 Å². The highest BCUT2D eigenvalue weighted by atomic mass is 32.2. The lowest BCUT2D eigenvalue weighted by molar-refractivity contribution is -0.138. The summed E-state index contributed by atoms with van der Waals surface area (Å²) in [6, 6.07) is 7.78. The number of amides is 1. The van der Waals surface area contributed by atoms with Gasteiger partial charge < -0.3 is 30.7 Å². The Balaban J connectivity index is 1.40. The normalized spacial score (nSPS) is 18.2. The fourth-order valence-electron chi connectivity index (χ4n) is 4.52. The Morgan fingerprint density at radius 2 is 1.98 bits per heavy atom. The number of aliphatic carboxylic acids is 1. The highest BCUT2D eigenvalue weighted by Gasteiger charge is 2.28. The van der Waals surface area contributed by atoms with Crippen molar-refractivity contribution >= 4 is 33.5 Å². The first-order chi connectivity index (χ1) is 19.2. The molecule has 2 aromatic rings. The van der Waals surface area contributed by atoms with Gasteiger partial charge in [-0.2, -0.15) is 4.72 Å². The summed E-state index contributed by atoms with van der Waals surface area (Å²) in [4.78, 5) is 30.6. The van der Waals surface area contributed by atoms with Crippen molar-refractivity contribution in [1.82, 2.24) is 20.7 Å². The van der Waals surface area contributed by atoms with Gasteiger partial charge in [0.05, 0.1) is 17.7 Å². The van der Waals surface area contributed by atoms with E-state index in [0.717, 1.165) is 44.8 Å². The second kappa shape index (κ2) is 13.0. The van der Waals surface area contributed by atoms with Crippen molar-refractivity contribution in [2.75, 3.05) is 38.2 Å². The van der Waals surface area contributed by atoms with Crippen molar-refractivity contribution < 1.29 is 32.2 Å². The third-order valence-corrected chi connectivity index (χ3v) is 8.14. The summed E-state index contributed by atoms with van der Waals surface area (Å²) in [5.74, 6) is -1.71. The monoisotopic (exact) mass is 576 g/mol. The van der Waals surface area contributed by atoms with E-state index in [1.54, 1.807) is 0 Å². The van der Waals surface area contributed by atoms with Crippen LogP contribution in [0.25, 0.3) is 0 Å². The third-order valence-electron chi connectivity index (χ3n) is 6.65. The topological polar surface area (TPSA) is 161 Å². The van der Waals surface area contributed by atoms with E-state index in [1.807, 2.05) is 4.90 Å². The maximum Gasteiger partial charge on any atom is 0.323 e. The molecule has 5 N–H and O–H groups in total. The molecule has 1 saturated heterocycles. The van der Waals surface area contributed by atoms with Gasteiger partial charge in [-0.25, -0.2) is 12.8 Å². The molecule has 2 atom stereocenters. The molecule has 2 heterocycles. The summed E-state index contributed by atoms with van der Waals surface area (Å²) in [5.41, 5.74) is 0.309. The Kier molecular flexibility index (Phi) is 9.42. The number of sulfonamides is 1. The van der Waals surface area contributed by atoms with Crippen LogP contribution in [-0.4, -0.2) is 76.9 Å². The lowest BCUT2D eigenvalue weighted by atomic mass is 10.1. The molecular formula is C26H33FN6O6S. The number of piperidine rings is 1. The first-order valence-corrected chi connectivity index (χ1v) is 14.4. The van der Waals surface area contributed by atoms with E-state index in [9.17, 15) is 23.1 Å². The van der Waals surface area contributed by atoms with Crippen LogP contribution >= 0.6 is 0 Å². The van der Waals surface area contributed by atoms with Gasteiger partial charge in [0.2, 0.25) is 10.0 Å². The predicted octanol–water partition coefficient (Wildman–Crippen LogP) is 1.25. The molecular weight excluding hydrogens is 543 g/mol. The second-order valence-corrected chi connectivity index (χ2v) is 11.1. The Morgan fingerprint density at radius 1 is 1.20 bits per heavy atom. The number of nitrogens with one attached hydrogen (secondary N) is 4. The molecule has 1 amide bonds. The molecule has 12 nitrogen and oxygen atoms in total. The largest absolute Gasteiger partial charge is 0.497 e. The lowest BCUT2D eigenvalue weighted by Gasteiger charge is -2.39. The Bertz CT molecular complexity index is 1350. The molecule has 2 aliphatic rings. The van der Waals surface area contributed by atoms with Crippen molar-refractivity contribution in [1.29, 1.82) is 0 Å². The highest BCUT2D eigenvalue weighted by Crippen LogP contribution is 2.27. The van der Waals surface area contributed by atoms with Crippen molar-refractivity contribution in [3.05, 3.63) is 53.8 Å². The van der Waals surface area contributed by atoms with E-state index in [4.69, 9.17) is 4.74 Å². The van der Waals surface area contributed by atoms with Crippen LogP contribution in [0.15, 0.2) is 52.4 Å². The number of hydrogen-bond acceptors (Lipinski definition) is 9. The van der Waals surface area contributed by atoms with E-state index in [0.29, 0.717) is 23.9 Å². The molecule has 2 aliphatic heterocycles. The molecule has 14 heteroatoms. The SMILES string of the molecule is COc1ccc(S(=O)(=O)N[C@@H](CNC(=O)c2ccc(N3CCCCC3NC3=NCCCN3)c(F)c2)C(=O)O)cc1. The molecule has 4 rings (SSSR count). The number of carbonyl (C=O) groups excluding carboxylic acids is 1. The minimum Gasteiger partial charge on any atom is -0.497 e. The first kappa shape index (κ1) is 29.1. The van der Waals surface area contributed by atoms with E-state index in [2.05, 4.69) is 25.7 Å². The van der Waals surface area contributed by atoms with Crippen LogP contribution in [0.1, 0.15) is 36.0 Å². The smallest absolute Gasteiger partial charge is 0.323 e. The van der Waals surface area contributed by atoms with Crippen molar-refractivity contribution in [2.45, 2.75) is 42.8 Å². The number of anilines is 1. The number of ether oxygens (including phenoxy) is 1. The van der Waals surface area contributed by atoms with E-state index in [1.165, 1.54) is 43.5 Å². The molecule has 1 fully saturated rings. The van der Waals surface area contributed by atoms with E-state index >= 15 is 4.39 Å². The average Bonchev–Trinajstić information content (AvgIpc) is 2.96. The van der Waals surface area contributed by atoms with Gasteiger partial charge in [0.25, 0.3) is 5.91 Å². The van der Waals surface area contributed by atoms with Gasteiger partial charge >= 0.3 is 5.97 Å². The third kappa shape index (κ3) is 7.18. The molecule has 2 aromatic carbocycles.